The van der Waals surface area contributed by atoms with Crippen LogP contribution in [0.4, 0.5) is 5.69 Å². The average molecular weight is 306 g/mol. The van der Waals surface area contributed by atoms with Crippen LogP contribution in [0.5, 0.6) is 5.75 Å². The summed E-state index contributed by atoms with van der Waals surface area (Å²) in [6.45, 7) is 1.95. The van der Waals surface area contributed by atoms with Crippen molar-refractivity contribution in [2.24, 2.45) is 0 Å². The predicted molar refractivity (Wildman–Crippen MR) is 74.9 cm³/mol. The van der Waals surface area contributed by atoms with E-state index in [-0.39, 0.29) is 11.7 Å². The second-order valence-electron chi connectivity index (χ2n) is 3.99. The molecule has 0 saturated heterocycles. The summed E-state index contributed by atoms with van der Waals surface area (Å²) in [5, 5.41) is 12.1. The van der Waals surface area contributed by atoms with Gasteiger partial charge in [-0.15, -0.1) is 0 Å². The smallest absolute Gasteiger partial charge is 0.255 e. The number of carbonyl (C=O) groups is 1. The third-order valence-electron chi connectivity index (χ3n) is 2.48. The summed E-state index contributed by atoms with van der Waals surface area (Å²) in [7, 11) is 0. The van der Waals surface area contributed by atoms with Gasteiger partial charge in [0.15, 0.2) is 0 Å². The van der Waals surface area contributed by atoms with Crippen LogP contribution < -0.4 is 5.32 Å². The van der Waals surface area contributed by atoms with Crippen molar-refractivity contribution in [3.8, 4) is 5.75 Å². The van der Waals surface area contributed by atoms with Crippen LogP contribution in [0.1, 0.15) is 15.9 Å². The Balaban J connectivity index is 2.24. The first kappa shape index (κ1) is 12.6. The molecule has 0 spiro atoms. The maximum atomic E-state index is 12.0. The van der Waals surface area contributed by atoms with E-state index in [1.807, 2.05) is 25.1 Å². The summed E-state index contributed by atoms with van der Waals surface area (Å²) in [5.41, 5.74) is 2.19. The summed E-state index contributed by atoms with van der Waals surface area (Å²) < 4.78 is 0.821. The lowest BCUT2D eigenvalue weighted by molar-refractivity contribution is 0.102. The Labute approximate surface area is 114 Å². The molecule has 0 unspecified atom stereocenters. The predicted octanol–water partition coefficient (Wildman–Crippen LogP) is 3.72. The Morgan fingerprint density at radius 2 is 2.00 bits per heavy atom. The zero-order valence-corrected chi connectivity index (χ0v) is 11.4. The highest BCUT2D eigenvalue weighted by molar-refractivity contribution is 9.10. The molecule has 0 heterocycles. The Morgan fingerprint density at radius 3 is 2.72 bits per heavy atom. The molecule has 92 valence electrons. The minimum absolute atomic E-state index is 0.0750. The summed E-state index contributed by atoms with van der Waals surface area (Å²) >= 11 is 3.38. The molecular formula is C14H12BrNO2. The third kappa shape index (κ3) is 2.90. The molecule has 0 aliphatic rings. The largest absolute Gasteiger partial charge is 0.508 e. The molecule has 0 fully saturated rings. The maximum Gasteiger partial charge on any atom is 0.255 e. The number of halogens is 1. The zero-order chi connectivity index (χ0) is 13.1. The molecular weight excluding hydrogens is 294 g/mol. The Kier molecular flexibility index (Phi) is 3.67. The van der Waals surface area contributed by atoms with Crippen molar-refractivity contribution >= 4 is 27.5 Å². The van der Waals surface area contributed by atoms with Crippen LogP contribution in [-0.2, 0) is 0 Å². The van der Waals surface area contributed by atoms with E-state index in [2.05, 4.69) is 21.2 Å². The summed E-state index contributed by atoms with van der Waals surface area (Å²) in [4.78, 5) is 12.0. The topological polar surface area (TPSA) is 49.3 Å². The van der Waals surface area contributed by atoms with E-state index in [0.29, 0.717) is 11.3 Å². The van der Waals surface area contributed by atoms with Crippen LogP contribution in [0.2, 0.25) is 0 Å². The van der Waals surface area contributed by atoms with Crippen molar-refractivity contribution < 1.29 is 9.90 Å². The molecule has 0 aliphatic carbocycles. The van der Waals surface area contributed by atoms with Crippen LogP contribution in [0.3, 0.4) is 0 Å². The second kappa shape index (κ2) is 5.23. The standard InChI is InChI=1S/C14H12BrNO2/c1-9-5-6-12(15)13(7-9)16-14(18)10-3-2-4-11(17)8-10/h2-8,17H,1H3,(H,16,18). The summed E-state index contributed by atoms with van der Waals surface area (Å²) in [6, 6.07) is 12.0. The highest BCUT2D eigenvalue weighted by atomic mass is 79.9. The van der Waals surface area contributed by atoms with Gasteiger partial charge in [-0.25, -0.2) is 0 Å². The molecule has 2 aromatic rings. The zero-order valence-electron chi connectivity index (χ0n) is 9.77. The highest BCUT2D eigenvalue weighted by Gasteiger charge is 2.08. The molecule has 0 radical (unpaired) electrons. The molecule has 4 heteroatoms. The number of aryl methyl sites for hydroxylation is 1. The van der Waals surface area contributed by atoms with Gasteiger partial charge in [-0.2, -0.15) is 0 Å². The first-order valence-electron chi connectivity index (χ1n) is 5.43. The van der Waals surface area contributed by atoms with Gasteiger partial charge < -0.3 is 10.4 Å². The SMILES string of the molecule is Cc1ccc(Br)c(NC(=O)c2cccc(O)c2)c1. The van der Waals surface area contributed by atoms with E-state index in [1.54, 1.807) is 12.1 Å². The van der Waals surface area contributed by atoms with E-state index in [4.69, 9.17) is 0 Å². The number of aromatic hydroxyl groups is 1. The van der Waals surface area contributed by atoms with E-state index in [0.717, 1.165) is 10.0 Å². The molecule has 2 N–H and O–H groups in total. The molecule has 2 rings (SSSR count). The summed E-state index contributed by atoms with van der Waals surface area (Å²) in [6.07, 6.45) is 0. The molecule has 18 heavy (non-hydrogen) atoms. The Bertz CT molecular complexity index is 596. The van der Waals surface area contributed by atoms with Crippen LogP contribution >= 0.6 is 15.9 Å². The lowest BCUT2D eigenvalue weighted by Gasteiger charge is -2.08. The molecule has 1 amide bonds. The number of hydrogen-bond donors (Lipinski definition) is 2. The lowest BCUT2D eigenvalue weighted by atomic mass is 10.2. The lowest BCUT2D eigenvalue weighted by Crippen LogP contribution is -2.12. The van der Waals surface area contributed by atoms with Gasteiger partial charge in [-0.3, -0.25) is 4.79 Å². The molecule has 0 aromatic heterocycles. The van der Waals surface area contributed by atoms with E-state index in [1.165, 1.54) is 12.1 Å². The first-order chi connectivity index (χ1) is 8.56. The fourth-order valence-corrected chi connectivity index (χ4v) is 1.92. The molecule has 0 atom stereocenters. The minimum Gasteiger partial charge on any atom is -0.508 e. The van der Waals surface area contributed by atoms with Gasteiger partial charge in [-0.1, -0.05) is 12.1 Å². The Hall–Kier alpha value is -1.81. The van der Waals surface area contributed by atoms with Crippen LogP contribution in [0, 0.1) is 6.92 Å². The number of phenols is 1. The van der Waals surface area contributed by atoms with Gasteiger partial charge in [0.25, 0.3) is 5.91 Å². The first-order valence-corrected chi connectivity index (χ1v) is 6.22. The van der Waals surface area contributed by atoms with E-state index in [9.17, 15) is 9.90 Å². The van der Waals surface area contributed by atoms with Crippen molar-refractivity contribution in [1.29, 1.82) is 0 Å². The van der Waals surface area contributed by atoms with Crippen molar-refractivity contribution in [3.05, 3.63) is 58.1 Å². The fraction of sp³-hybridized carbons (Fsp3) is 0.0714. The number of hydrogen-bond acceptors (Lipinski definition) is 2. The summed E-state index contributed by atoms with van der Waals surface area (Å²) in [5.74, 6) is -0.178. The minimum atomic E-state index is -0.253. The third-order valence-corrected chi connectivity index (χ3v) is 3.17. The molecule has 0 bridgehead atoms. The van der Waals surface area contributed by atoms with Gasteiger partial charge in [0.2, 0.25) is 0 Å². The van der Waals surface area contributed by atoms with Crippen molar-refractivity contribution in [2.75, 3.05) is 5.32 Å². The molecule has 0 saturated carbocycles. The monoisotopic (exact) mass is 305 g/mol. The molecule has 2 aromatic carbocycles. The molecule has 3 nitrogen and oxygen atoms in total. The van der Waals surface area contributed by atoms with Crippen molar-refractivity contribution in [3.63, 3.8) is 0 Å². The number of amides is 1. The number of anilines is 1. The number of rotatable bonds is 2. The van der Waals surface area contributed by atoms with Gasteiger partial charge in [0.1, 0.15) is 5.75 Å². The highest BCUT2D eigenvalue weighted by Crippen LogP contribution is 2.24. The second-order valence-corrected chi connectivity index (χ2v) is 4.84. The maximum absolute atomic E-state index is 12.0. The Morgan fingerprint density at radius 1 is 1.22 bits per heavy atom. The number of benzene rings is 2. The van der Waals surface area contributed by atoms with E-state index < -0.39 is 0 Å². The average Bonchev–Trinajstić information content (AvgIpc) is 2.34. The fourth-order valence-electron chi connectivity index (χ4n) is 1.58. The van der Waals surface area contributed by atoms with Crippen LogP contribution in [-0.4, -0.2) is 11.0 Å². The van der Waals surface area contributed by atoms with Crippen molar-refractivity contribution in [2.45, 2.75) is 6.92 Å². The van der Waals surface area contributed by atoms with Crippen LogP contribution in [0.15, 0.2) is 46.9 Å². The van der Waals surface area contributed by atoms with Gasteiger partial charge in [-0.05, 0) is 58.7 Å². The van der Waals surface area contributed by atoms with E-state index >= 15 is 0 Å². The normalized spacial score (nSPS) is 10.1. The number of carbonyl (C=O) groups excluding carboxylic acids is 1. The van der Waals surface area contributed by atoms with Gasteiger partial charge in [0, 0.05) is 10.0 Å². The van der Waals surface area contributed by atoms with Gasteiger partial charge >= 0.3 is 0 Å². The van der Waals surface area contributed by atoms with Gasteiger partial charge in [0.05, 0.1) is 5.69 Å². The number of phenolic OH excluding ortho intramolecular Hbond substituents is 1. The quantitative estimate of drug-likeness (QED) is 0.888. The van der Waals surface area contributed by atoms with Crippen molar-refractivity contribution in [1.82, 2.24) is 0 Å². The number of nitrogens with one attached hydrogen (secondary N) is 1. The molecule has 0 aliphatic heterocycles. The van der Waals surface area contributed by atoms with Crippen LogP contribution in [0.25, 0.3) is 0 Å².